The summed E-state index contributed by atoms with van der Waals surface area (Å²) in [6.07, 6.45) is 6.62. The molecule has 13 heavy (non-hydrogen) atoms. The predicted molar refractivity (Wildman–Crippen MR) is 63.6 cm³/mol. The van der Waals surface area contributed by atoms with E-state index in [1.807, 2.05) is 11.8 Å². The summed E-state index contributed by atoms with van der Waals surface area (Å²) in [6, 6.07) is 0. The number of thioether (sulfide) groups is 1. The van der Waals surface area contributed by atoms with Gasteiger partial charge in [-0.3, -0.25) is 0 Å². The van der Waals surface area contributed by atoms with Gasteiger partial charge in [-0.25, -0.2) is 5.32 Å². The molecule has 0 atom stereocenters. The van der Waals surface area contributed by atoms with Gasteiger partial charge in [0.1, 0.15) is 0 Å². The zero-order valence-corrected chi connectivity index (χ0v) is 10.0. The van der Waals surface area contributed by atoms with E-state index in [1.54, 1.807) is 0 Å². The van der Waals surface area contributed by atoms with Gasteiger partial charge in [-0.1, -0.05) is 33.1 Å². The summed E-state index contributed by atoms with van der Waals surface area (Å²) in [5, 5.41) is 4.49. The number of rotatable bonds is 10. The van der Waals surface area contributed by atoms with E-state index < -0.39 is 0 Å². The molecule has 0 aromatic rings. The molecule has 0 aliphatic heterocycles. The Bertz CT molecular complexity index is 76.2. The molecule has 0 saturated carbocycles. The molecule has 1 radical (unpaired) electrons. The molecule has 0 unspecified atom stereocenters. The molecule has 0 aliphatic carbocycles. The molecule has 0 aromatic heterocycles. The van der Waals surface area contributed by atoms with Crippen LogP contribution in [0.25, 0.3) is 0 Å². The first-order chi connectivity index (χ1) is 6.41. The third-order valence-electron chi connectivity index (χ3n) is 1.96. The van der Waals surface area contributed by atoms with Crippen molar-refractivity contribution in [3.05, 3.63) is 0 Å². The van der Waals surface area contributed by atoms with Crippen LogP contribution in [0, 0.1) is 0 Å². The van der Waals surface area contributed by atoms with Gasteiger partial charge in [-0.2, -0.15) is 11.8 Å². The van der Waals surface area contributed by atoms with Crippen LogP contribution in [-0.4, -0.2) is 24.6 Å². The molecule has 1 nitrogen and oxygen atoms in total. The number of hydrogen-bond acceptors (Lipinski definition) is 1. The monoisotopic (exact) mass is 202 g/mol. The van der Waals surface area contributed by atoms with Gasteiger partial charge < -0.3 is 0 Å². The highest BCUT2D eigenvalue weighted by Gasteiger charge is 1.90. The quantitative estimate of drug-likeness (QED) is 0.496. The van der Waals surface area contributed by atoms with Crippen LogP contribution in [0.15, 0.2) is 0 Å². The van der Waals surface area contributed by atoms with Gasteiger partial charge in [-0.05, 0) is 18.6 Å². The maximum atomic E-state index is 4.49. The highest BCUT2D eigenvalue weighted by molar-refractivity contribution is 7.99. The summed E-state index contributed by atoms with van der Waals surface area (Å²) in [4.78, 5) is 0. The van der Waals surface area contributed by atoms with Crippen molar-refractivity contribution in [2.75, 3.05) is 24.6 Å². The van der Waals surface area contributed by atoms with Gasteiger partial charge in [0, 0.05) is 18.8 Å². The minimum absolute atomic E-state index is 1.07. The van der Waals surface area contributed by atoms with Crippen LogP contribution in [0.1, 0.15) is 46.0 Å². The topological polar surface area (TPSA) is 14.1 Å². The van der Waals surface area contributed by atoms with Crippen molar-refractivity contribution in [3.8, 4) is 0 Å². The Labute approximate surface area is 88.1 Å². The highest BCUT2D eigenvalue weighted by atomic mass is 32.2. The Balaban J connectivity index is 2.76. The largest absolute Gasteiger partial charge is 0.241 e. The fourth-order valence-corrected chi connectivity index (χ4v) is 2.02. The molecule has 0 bridgehead atoms. The van der Waals surface area contributed by atoms with Gasteiger partial charge in [0.2, 0.25) is 0 Å². The molecule has 0 heterocycles. The molecule has 0 aromatic carbocycles. The maximum absolute atomic E-state index is 4.49. The molecule has 0 N–H and O–H groups in total. The average molecular weight is 202 g/mol. The molecule has 0 rings (SSSR count). The molecule has 0 spiro atoms. The van der Waals surface area contributed by atoms with E-state index >= 15 is 0 Å². The van der Waals surface area contributed by atoms with Crippen LogP contribution in [0.2, 0.25) is 0 Å². The first kappa shape index (κ1) is 13.3. The molecule has 0 fully saturated rings. The van der Waals surface area contributed by atoms with E-state index in [4.69, 9.17) is 0 Å². The molecular formula is C11H24NS. The molecular weight excluding hydrogens is 178 g/mol. The van der Waals surface area contributed by atoms with Crippen LogP contribution in [0.4, 0.5) is 0 Å². The van der Waals surface area contributed by atoms with Crippen LogP contribution in [0.5, 0.6) is 0 Å². The number of unbranched alkanes of at least 4 members (excludes halogenated alkanes) is 3. The standard InChI is InChI=1S/C11H24NS/c1-3-5-7-8-12-9-11-13-10-6-4-2/h3-11H2,1-2H3. The summed E-state index contributed by atoms with van der Waals surface area (Å²) in [5.41, 5.74) is 0. The first-order valence-corrected chi connectivity index (χ1v) is 6.78. The highest BCUT2D eigenvalue weighted by Crippen LogP contribution is 2.02. The third kappa shape index (κ3) is 12.3. The lowest BCUT2D eigenvalue weighted by Crippen LogP contribution is -2.10. The lowest BCUT2D eigenvalue weighted by Gasteiger charge is -2.01. The van der Waals surface area contributed by atoms with Crippen molar-refractivity contribution >= 4 is 11.8 Å². The van der Waals surface area contributed by atoms with Crippen LogP contribution in [0.3, 0.4) is 0 Å². The van der Waals surface area contributed by atoms with E-state index in [-0.39, 0.29) is 0 Å². The summed E-state index contributed by atoms with van der Waals surface area (Å²) >= 11 is 2.05. The normalized spacial score (nSPS) is 10.6. The lowest BCUT2D eigenvalue weighted by molar-refractivity contribution is 0.626. The van der Waals surface area contributed by atoms with Crippen molar-refractivity contribution in [2.24, 2.45) is 0 Å². The van der Waals surface area contributed by atoms with Gasteiger partial charge in [0.05, 0.1) is 0 Å². The number of hydrogen-bond donors (Lipinski definition) is 0. The molecule has 79 valence electrons. The molecule has 0 saturated heterocycles. The molecule has 2 heteroatoms. The van der Waals surface area contributed by atoms with Gasteiger partial charge in [0.15, 0.2) is 0 Å². The lowest BCUT2D eigenvalue weighted by atomic mass is 10.2. The molecule has 0 amide bonds. The van der Waals surface area contributed by atoms with Crippen molar-refractivity contribution < 1.29 is 0 Å². The van der Waals surface area contributed by atoms with Crippen molar-refractivity contribution in [1.82, 2.24) is 5.32 Å². The summed E-state index contributed by atoms with van der Waals surface area (Å²) < 4.78 is 0. The van der Waals surface area contributed by atoms with E-state index in [0.717, 1.165) is 13.1 Å². The van der Waals surface area contributed by atoms with E-state index in [0.29, 0.717) is 0 Å². The number of nitrogens with zero attached hydrogens (tertiary/aromatic N) is 1. The minimum Gasteiger partial charge on any atom is -0.241 e. The SMILES string of the molecule is CCCCC[N]CCSCCCC. The third-order valence-corrected chi connectivity index (χ3v) is 3.00. The summed E-state index contributed by atoms with van der Waals surface area (Å²) in [7, 11) is 0. The Morgan fingerprint density at radius 3 is 2.31 bits per heavy atom. The molecule has 0 aliphatic rings. The predicted octanol–water partition coefficient (Wildman–Crippen LogP) is 3.31. The maximum Gasteiger partial charge on any atom is 0.0224 e. The zero-order chi connectivity index (χ0) is 9.78. The smallest absolute Gasteiger partial charge is 0.0224 e. The summed E-state index contributed by atoms with van der Waals surface area (Å²) in [5.74, 6) is 2.55. The van der Waals surface area contributed by atoms with Crippen LogP contribution < -0.4 is 5.32 Å². The van der Waals surface area contributed by atoms with E-state index in [9.17, 15) is 0 Å². The van der Waals surface area contributed by atoms with Crippen LogP contribution >= 0.6 is 11.8 Å². The van der Waals surface area contributed by atoms with E-state index in [1.165, 1.54) is 43.6 Å². The van der Waals surface area contributed by atoms with Gasteiger partial charge in [0.25, 0.3) is 0 Å². The Morgan fingerprint density at radius 2 is 1.62 bits per heavy atom. The fourth-order valence-electron chi connectivity index (χ4n) is 1.06. The van der Waals surface area contributed by atoms with Gasteiger partial charge >= 0.3 is 0 Å². The zero-order valence-electron chi connectivity index (χ0n) is 9.22. The van der Waals surface area contributed by atoms with Crippen LogP contribution in [-0.2, 0) is 0 Å². The van der Waals surface area contributed by atoms with E-state index in [2.05, 4.69) is 19.2 Å². The second-order valence-electron chi connectivity index (χ2n) is 3.34. The second kappa shape index (κ2) is 12.3. The average Bonchev–Trinajstić information content (AvgIpc) is 2.16. The fraction of sp³-hybridized carbons (Fsp3) is 1.00. The second-order valence-corrected chi connectivity index (χ2v) is 4.57. The van der Waals surface area contributed by atoms with Crippen molar-refractivity contribution in [1.29, 1.82) is 0 Å². The first-order valence-electron chi connectivity index (χ1n) is 5.62. The Kier molecular flexibility index (Phi) is 12.6. The minimum atomic E-state index is 1.07. The summed E-state index contributed by atoms with van der Waals surface area (Å²) in [6.45, 7) is 6.64. The Hall–Kier alpha value is 0.310. The van der Waals surface area contributed by atoms with Crippen molar-refractivity contribution in [2.45, 2.75) is 46.0 Å². The Morgan fingerprint density at radius 1 is 0.846 bits per heavy atom. The van der Waals surface area contributed by atoms with Gasteiger partial charge in [-0.15, -0.1) is 0 Å². The van der Waals surface area contributed by atoms with Crippen molar-refractivity contribution in [3.63, 3.8) is 0 Å².